The minimum atomic E-state index is -0.994. The molecular weight excluding hydrogens is 447 g/mol. The Kier molecular flexibility index (Phi) is 6.01. The molecule has 2 heterocycles. The second-order valence-corrected chi connectivity index (χ2v) is 7.90. The number of rotatable bonds is 5. The van der Waals surface area contributed by atoms with E-state index < -0.39 is 28.9 Å². The maximum Gasteiger partial charge on any atom is 0.352 e. The zero-order valence-electron chi connectivity index (χ0n) is 17.2. The lowest BCUT2D eigenvalue weighted by atomic mass is 10.1. The summed E-state index contributed by atoms with van der Waals surface area (Å²) in [5.41, 5.74) is -0.288. The molecule has 6 nitrogen and oxygen atoms in total. The number of fused-ring (bicyclic) bond motifs is 1. The second-order valence-electron chi connectivity index (χ2n) is 7.49. The van der Waals surface area contributed by atoms with Gasteiger partial charge in [-0.25, -0.2) is 18.0 Å². The fourth-order valence-electron chi connectivity index (χ4n) is 3.39. The first kappa shape index (κ1) is 22.0. The number of nitrogens with zero attached hydrogens (tertiary/aromatic N) is 3. The Balaban J connectivity index is 1.52. The van der Waals surface area contributed by atoms with E-state index in [1.807, 2.05) is 18.9 Å². The van der Waals surface area contributed by atoms with Crippen molar-refractivity contribution < 1.29 is 22.6 Å². The number of anilines is 1. The lowest BCUT2D eigenvalue weighted by Crippen LogP contribution is -2.41. The summed E-state index contributed by atoms with van der Waals surface area (Å²) in [6, 6.07) is 7.37. The van der Waals surface area contributed by atoms with E-state index in [-0.39, 0.29) is 34.9 Å². The highest BCUT2D eigenvalue weighted by Gasteiger charge is 2.22. The zero-order valence-corrected chi connectivity index (χ0v) is 18.0. The second kappa shape index (κ2) is 8.74. The molecule has 0 amide bonds. The summed E-state index contributed by atoms with van der Waals surface area (Å²) in [5.74, 6) is -2.84. The van der Waals surface area contributed by atoms with Crippen molar-refractivity contribution in [3.63, 3.8) is 0 Å². The summed E-state index contributed by atoms with van der Waals surface area (Å²) in [4.78, 5) is 18.1. The smallest absolute Gasteiger partial charge is 0.352 e. The fourth-order valence-corrected chi connectivity index (χ4v) is 3.51. The summed E-state index contributed by atoms with van der Waals surface area (Å²) >= 11 is 5.59. The summed E-state index contributed by atoms with van der Waals surface area (Å²) in [6.45, 7) is 2.38. The molecule has 32 heavy (non-hydrogen) atoms. The molecule has 0 saturated heterocycles. The number of halogens is 4. The van der Waals surface area contributed by atoms with Gasteiger partial charge in [0.15, 0.2) is 17.4 Å². The largest absolute Gasteiger partial charge is 0.473 e. The molecule has 4 rings (SSSR count). The van der Waals surface area contributed by atoms with Crippen LogP contribution in [0, 0.1) is 17.5 Å². The van der Waals surface area contributed by atoms with Crippen LogP contribution in [0.4, 0.5) is 19.0 Å². The van der Waals surface area contributed by atoms with E-state index in [0.29, 0.717) is 12.4 Å². The molecule has 0 spiro atoms. The van der Waals surface area contributed by atoms with Gasteiger partial charge in [-0.2, -0.15) is 4.98 Å². The Labute approximate surface area is 186 Å². The van der Waals surface area contributed by atoms with Crippen molar-refractivity contribution in [3.05, 3.63) is 74.9 Å². The highest BCUT2D eigenvalue weighted by Crippen LogP contribution is 2.31. The normalized spacial score (nSPS) is 15.4. The average Bonchev–Trinajstić information content (AvgIpc) is 2.74. The monoisotopic (exact) mass is 465 g/mol. The van der Waals surface area contributed by atoms with Crippen LogP contribution in [0.1, 0.15) is 18.9 Å². The van der Waals surface area contributed by atoms with Crippen molar-refractivity contribution in [2.75, 3.05) is 11.9 Å². The Morgan fingerprint density at radius 2 is 1.84 bits per heavy atom. The van der Waals surface area contributed by atoms with E-state index in [1.165, 1.54) is 12.1 Å². The van der Waals surface area contributed by atoms with Crippen molar-refractivity contribution in [1.29, 1.82) is 0 Å². The van der Waals surface area contributed by atoms with Gasteiger partial charge < -0.3 is 14.4 Å². The van der Waals surface area contributed by atoms with Crippen LogP contribution in [0.5, 0.6) is 17.4 Å². The molecule has 0 unspecified atom stereocenters. The van der Waals surface area contributed by atoms with Gasteiger partial charge in [0.2, 0.25) is 5.88 Å². The van der Waals surface area contributed by atoms with E-state index in [2.05, 4.69) is 4.98 Å². The third-order valence-electron chi connectivity index (χ3n) is 5.31. The van der Waals surface area contributed by atoms with Crippen molar-refractivity contribution in [1.82, 2.24) is 9.55 Å². The van der Waals surface area contributed by atoms with Crippen LogP contribution < -0.4 is 20.1 Å². The Bertz CT molecular complexity index is 1210. The first-order chi connectivity index (χ1) is 15.2. The van der Waals surface area contributed by atoms with Gasteiger partial charge in [-0.05, 0) is 43.2 Å². The molecule has 1 atom stereocenters. The third-order valence-corrected chi connectivity index (χ3v) is 5.62. The topological polar surface area (TPSA) is 56.6 Å². The van der Waals surface area contributed by atoms with Gasteiger partial charge in [0.1, 0.15) is 24.0 Å². The molecule has 1 aliphatic rings. The molecule has 10 heteroatoms. The lowest BCUT2D eigenvalue weighted by Gasteiger charge is -2.34. The predicted molar refractivity (Wildman–Crippen MR) is 113 cm³/mol. The van der Waals surface area contributed by atoms with Gasteiger partial charge in [0.25, 0.3) is 0 Å². The number of aromatic nitrogens is 2. The summed E-state index contributed by atoms with van der Waals surface area (Å²) in [6.07, 6.45) is 0.820. The van der Waals surface area contributed by atoms with Crippen LogP contribution in [0.2, 0.25) is 5.02 Å². The summed E-state index contributed by atoms with van der Waals surface area (Å²) < 4.78 is 54.7. The molecule has 0 N–H and O–H groups in total. The minimum Gasteiger partial charge on any atom is -0.473 e. The van der Waals surface area contributed by atoms with Crippen LogP contribution in [-0.4, -0.2) is 22.6 Å². The number of hydrogen-bond donors (Lipinski definition) is 0. The molecule has 168 valence electrons. The maximum atomic E-state index is 14.5. The first-order valence-electron chi connectivity index (χ1n) is 9.81. The Morgan fingerprint density at radius 3 is 2.53 bits per heavy atom. The predicted octanol–water partition coefficient (Wildman–Crippen LogP) is 4.91. The molecule has 2 aromatic carbocycles. The lowest BCUT2D eigenvalue weighted by molar-refractivity contribution is 0.287. The quantitative estimate of drug-likeness (QED) is 0.535. The van der Waals surface area contributed by atoms with Crippen molar-refractivity contribution in [3.8, 4) is 17.4 Å². The van der Waals surface area contributed by atoms with Crippen molar-refractivity contribution in [2.24, 2.45) is 0 Å². The molecular formula is C22H19ClF3N3O3. The molecule has 0 saturated carbocycles. The van der Waals surface area contributed by atoms with Crippen molar-refractivity contribution >= 4 is 17.4 Å². The number of hydrogen-bond acceptors (Lipinski definition) is 5. The molecule has 0 bridgehead atoms. The standard InChI is InChI=1S/C22H19ClF3N3O3/c1-12-5-6-29-20(28(12)2)10-19(27-22(29)30)31-11-13-7-17(25)21(18(26)8-13)32-14-3-4-15(23)16(24)9-14/h3-4,7-10,12H,5-6,11H2,1-2H3/t12-/m1/s1. The van der Waals surface area contributed by atoms with Gasteiger partial charge in [-0.15, -0.1) is 0 Å². The highest BCUT2D eigenvalue weighted by molar-refractivity contribution is 6.30. The van der Waals surface area contributed by atoms with Gasteiger partial charge in [-0.3, -0.25) is 4.57 Å². The van der Waals surface area contributed by atoms with Gasteiger partial charge in [0, 0.05) is 31.8 Å². The summed E-state index contributed by atoms with van der Waals surface area (Å²) in [7, 11) is 1.87. The van der Waals surface area contributed by atoms with Crippen LogP contribution in [0.3, 0.4) is 0 Å². The van der Waals surface area contributed by atoms with Crippen LogP contribution in [-0.2, 0) is 13.2 Å². The number of ether oxygens (including phenoxy) is 2. The minimum absolute atomic E-state index is 0.0555. The SMILES string of the molecule is C[C@@H]1CCn2c(cc(OCc3cc(F)c(Oc4ccc(Cl)c(F)c4)c(F)c3)nc2=O)N1C. The van der Waals surface area contributed by atoms with E-state index >= 15 is 0 Å². The fraction of sp³-hybridized carbons (Fsp3) is 0.273. The summed E-state index contributed by atoms with van der Waals surface area (Å²) in [5, 5.41) is -0.137. The van der Waals surface area contributed by atoms with Crippen LogP contribution in [0.25, 0.3) is 0 Å². The van der Waals surface area contributed by atoms with E-state index in [4.69, 9.17) is 21.1 Å². The molecule has 1 aromatic heterocycles. The molecule has 0 radical (unpaired) electrons. The van der Waals surface area contributed by atoms with Gasteiger partial charge in [0.05, 0.1) is 5.02 Å². The number of benzene rings is 2. The first-order valence-corrected chi connectivity index (χ1v) is 10.2. The van der Waals surface area contributed by atoms with Gasteiger partial charge in [-0.1, -0.05) is 11.6 Å². The molecule has 0 fully saturated rings. The van der Waals surface area contributed by atoms with Crippen LogP contribution in [0.15, 0.2) is 41.2 Å². The van der Waals surface area contributed by atoms with Crippen molar-refractivity contribution in [2.45, 2.75) is 32.5 Å². The van der Waals surface area contributed by atoms with E-state index in [9.17, 15) is 18.0 Å². The Morgan fingerprint density at radius 1 is 1.12 bits per heavy atom. The van der Waals surface area contributed by atoms with Crippen LogP contribution >= 0.6 is 11.6 Å². The molecule has 0 aliphatic carbocycles. The Hall–Kier alpha value is -3.20. The van der Waals surface area contributed by atoms with E-state index in [0.717, 1.165) is 24.6 Å². The zero-order chi connectivity index (χ0) is 23.0. The molecule has 3 aromatic rings. The average molecular weight is 466 g/mol. The molecule has 1 aliphatic heterocycles. The van der Waals surface area contributed by atoms with E-state index in [1.54, 1.807) is 10.6 Å². The van der Waals surface area contributed by atoms with Gasteiger partial charge >= 0.3 is 5.69 Å². The highest BCUT2D eigenvalue weighted by atomic mass is 35.5. The third kappa shape index (κ3) is 4.38. The maximum absolute atomic E-state index is 14.5.